The maximum Gasteiger partial charge on any atom is 0.0543 e. The topological polar surface area (TPSA) is 3.24 Å². The summed E-state index contributed by atoms with van der Waals surface area (Å²) in [4.78, 5) is 2.59. The van der Waals surface area contributed by atoms with Crippen LogP contribution in [0.3, 0.4) is 0 Å². The molecule has 9 rings (SSSR count). The van der Waals surface area contributed by atoms with E-state index in [2.05, 4.69) is 171 Å². The summed E-state index contributed by atoms with van der Waals surface area (Å²) in [6.07, 6.45) is 5.66. The third-order valence-corrected chi connectivity index (χ3v) is 13.8. The van der Waals surface area contributed by atoms with Crippen molar-refractivity contribution in [3.05, 3.63) is 136 Å². The lowest BCUT2D eigenvalue weighted by Gasteiger charge is -2.32. The maximum absolute atomic E-state index is 2.59. The first kappa shape index (κ1) is 33.7. The molecule has 2 saturated carbocycles. The Morgan fingerprint density at radius 1 is 0.577 bits per heavy atom. The number of nitrogens with zero attached hydrogens (tertiary/aromatic N) is 1. The van der Waals surface area contributed by atoms with Crippen molar-refractivity contribution in [2.24, 2.45) is 11.8 Å². The highest BCUT2D eigenvalue weighted by atomic mass is 15.1. The Balaban J connectivity index is 1.28. The minimum atomic E-state index is -0.126. The first-order chi connectivity index (χ1) is 24.5. The molecule has 52 heavy (non-hydrogen) atoms. The molecule has 266 valence electrons. The van der Waals surface area contributed by atoms with Crippen LogP contribution in [-0.2, 0) is 21.7 Å². The van der Waals surface area contributed by atoms with Gasteiger partial charge in [-0.15, -0.1) is 0 Å². The molecule has 3 atom stereocenters. The molecule has 0 amide bonds. The van der Waals surface area contributed by atoms with Crippen LogP contribution in [0.2, 0.25) is 0 Å². The molecule has 0 aromatic heterocycles. The second-order valence-electron chi connectivity index (χ2n) is 19.9. The molecule has 1 nitrogen and oxygen atoms in total. The van der Waals surface area contributed by atoms with Gasteiger partial charge in [0, 0.05) is 27.8 Å². The van der Waals surface area contributed by atoms with E-state index < -0.39 is 0 Å². The largest absolute Gasteiger partial charge is 0.310 e. The van der Waals surface area contributed by atoms with Crippen molar-refractivity contribution in [1.29, 1.82) is 0 Å². The van der Waals surface area contributed by atoms with Crippen LogP contribution in [0.1, 0.15) is 140 Å². The van der Waals surface area contributed by atoms with E-state index in [4.69, 9.17) is 0 Å². The fourth-order valence-electron chi connectivity index (χ4n) is 11.0. The average Bonchev–Trinajstić information content (AvgIpc) is 3.85. The Kier molecular flexibility index (Phi) is 7.27. The summed E-state index contributed by atoms with van der Waals surface area (Å²) in [5, 5.41) is 0. The van der Waals surface area contributed by atoms with Crippen LogP contribution in [0.5, 0.6) is 0 Å². The molecule has 4 aliphatic rings. The average molecular weight is 684 g/mol. The number of fused-ring (bicyclic) bond motifs is 8. The van der Waals surface area contributed by atoms with Crippen molar-refractivity contribution < 1.29 is 0 Å². The zero-order chi connectivity index (χ0) is 36.5. The van der Waals surface area contributed by atoms with Gasteiger partial charge >= 0.3 is 0 Å². The van der Waals surface area contributed by atoms with Crippen LogP contribution in [0, 0.1) is 11.8 Å². The molecule has 0 heterocycles. The highest BCUT2D eigenvalue weighted by molar-refractivity contribution is 5.96. The van der Waals surface area contributed by atoms with Crippen LogP contribution in [-0.4, -0.2) is 0 Å². The second kappa shape index (κ2) is 11.2. The lowest BCUT2D eigenvalue weighted by atomic mass is 9.71. The third-order valence-electron chi connectivity index (χ3n) is 13.8. The molecule has 2 fully saturated rings. The van der Waals surface area contributed by atoms with Gasteiger partial charge < -0.3 is 4.90 Å². The van der Waals surface area contributed by atoms with Crippen molar-refractivity contribution in [2.45, 2.75) is 122 Å². The van der Waals surface area contributed by atoms with E-state index in [9.17, 15) is 0 Å². The van der Waals surface area contributed by atoms with Gasteiger partial charge in [0.2, 0.25) is 0 Å². The Morgan fingerprint density at radius 2 is 1.27 bits per heavy atom. The summed E-state index contributed by atoms with van der Waals surface area (Å²) < 4.78 is 0. The van der Waals surface area contributed by atoms with Gasteiger partial charge in [0.15, 0.2) is 0 Å². The minimum absolute atomic E-state index is 0.0145. The molecule has 2 bridgehead atoms. The van der Waals surface area contributed by atoms with Gasteiger partial charge in [-0.2, -0.15) is 0 Å². The molecule has 0 aliphatic heterocycles. The van der Waals surface area contributed by atoms with E-state index in [1.165, 1.54) is 104 Å². The lowest BCUT2D eigenvalue weighted by molar-refractivity contribution is 0.420. The molecule has 4 aliphatic carbocycles. The van der Waals surface area contributed by atoms with Crippen LogP contribution in [0.15, 0.2) is 97.1 Å². The molecular formula is C51H57N. The van der Waals surface area contributed by atoms with Crippen LogP contribution in [0.4, 0.5) is 17.1 Å². The van der Waals surface area contributed by atoms with Gasteiger partial charge in [0.25, 0.3) is 0 Å². The monoisotopic (exact) mass is 683 g/mol. The fraction of sp³-hybridized carbons (Fsp3) is 0.412. The van der Waals surface area contributed by atoms with E-state index in [0.29, 0.717) is 0 Å². The summed E-state index contributed by atoms with van der Waals surface area (Å²) in [5.41, 5.74) is 19.3. The quantitative estimate of drug-likeness (QED) is 0.182. The second-order valence-corrected chi connectivity index (χ2v) is 19.9. The Labute approximate surface area is 313 Å². The molecule has 0 spiro atoms. The van der Waals surface area contributed by atoms with E-state index >= 15 is 0 Å². The van der Waals surface area contributed by atoms with E-state index in [1.54, 1.807) is 0 Å². The number of hydrogen-bond acceptors (Lipinski definition) is 1. The van der Waals surface area contributed by atoms with E-state index in [0.717, 1.165) is 17.8 Å². The third kappa shape index (κ3) is 4.94. The molecule has 0 saturated heterocycles. The lowest BCUT2D eigenvalue weighted by Crippen LogP contribution is -2.24. The van der Waals surface area contributed by atoms with Gasteiger partial charge in [-0.3, -0.25) is 0 Å². The zero-order valence-electron chi connectivity index (χ0n) is 33.2. The molecule has 3 unspecified atom stereocenters. The van der Waals surface area contributed by atoms with E-state index in [1.807, 2.05) is 0 Å². The predicted molar refractivity (Wildman–Crippen MR) is 222 cm³/mol. The molecule has 5 aromatic rings. The molecule has 0 radical (unpaired) electrons. The fourth-order valence-corrected chi connectivity index (χ4v) is 11.0. The normalized spacial score (nSPS) is 21.8. The van der Waals surface area contributed by atoms with Gasteiger partial charge in [-0.1, -0.05) is 142 Å². The van der Waals surface area contributed by atoms with Crippen LogP contribution >= 0.6 is 0 Å². The summed E-state index contributed by atoms with van der Waals surface area (Å²) in [6.45, 7) is 24.0. The van der Waals surface area contributed by atoms with Crippen molar-refractivity contribution in [3.63, 3.8) is 0 Å². The zero-order valence-corrected chi connectivity index (χ0v) is 33.2. The number of rotatable bonds is 4. The van der Waals surface area contributed by atoms with Gasteiger partial charge in [0.1, 0.15) is 0 Å². The Hall–Kier alpha value is -4.10. The smallest absolute Gasteiger partial charge is 0.0543 e. The highest BCUT2D eigenvalue weighted by Crippen LogP contribution is 2.59. The Bertz CT molecular complexity index is 2230. The van der Waals surface area contributed by atoms with Crippen LogP contribution in [0.25, 0.3) is 22.3 Å². The summed E-state index contributed by atoms with van der Waals surface area (Å²) in [7, 11) is 0. The summed E-state index contributed by atoms with van der Waals surface area (Å²) in [6, 6.07) is 38.3. The predicted octanol–water partition coefficient (Wildman–Crippen LogP) is 14.3. The standard InChI is InChI=1S/C51H57N/c1-48(2,3)34-28-40-46-42(51(9,10)47(40)44(29-34)49(4,5)6)16-13-17-45(46)52(35-22-20-32(21-23-35)39-27-31-18-19-33(39)26-31)36-24-25-38-37-14-11-12-15-41(37)50(7,8)43(38)30-36/h11-17,20-25,28-31,33,39H,18-19,26-27H2,1-10H3. The van der Waals surface area contributed by atoms with Crippen molar-refractivity contribution in [2.75, 3.05) is 4.90 Å². The van der Waals surface area contributed by atoms with Crippen molar-refractivity contribution >= 4 is 17.1 Å². The maximum atomic E-state index is 2.59. The van der Waals surface area contributed by atoms with Gasteiger partial charge in [-0.25, -0.2) is 0 Å². The molecule has 5 aromatic carbocycles. The van der Waals surface area contributed by atoms with Crippen molar-refractivity contribution in [1.82, 2.24) is 0 Å². The van der Waals surface area contributed by atoms with Crippen molar-refractivity contribution in [3.8, 4) is 22.3 Å². The summed E-state index contributed by atoms with van der Waals surface area (Å²) >= 11 is 0. The van der Waals surface area contributed by atoms with Crippen LogP contribution < -0.4 is 4.90 Å². The van der Waals surface area contributed by atoms with E-state index in [-0.39, 0.29) is 21.7 Å². The van der Waals surface area contributed by atoms with Gasteiger partial charge in [0.05, 0.1) is 5.69 Å². The minimum Gasteiger partial charge on any atom is -0.310 e. The number of benzene rings is 5. The first-order valence-electron chi connectivity index (χ1n) is 20.0. The number of hydrogen-bond donors (Lipinski definition) is 0. The highest BCUT2D eigenvalue weighted by Gasteiger charge is 2.44. The molecule has 1 heteroatoms. The summed E-state index contributed by atoms with van der Waals surface area (Å²) in [5.74, 6) is 2.54. The Morgan fingerprint density at radius 3 is 1.94 bits per heavy atom. The number of anilines is 3. The van der Waals surface area contributed by atoms with Gasteiger partial charge in [-0.05, 0) is 134 Å². The SMILES string of the molecule is CC(C)(C)c1cc2c(c(C(C)(C)C)c1)C(C)(C)c1cccc(N(c3ccc(C4CC5CCC4C5)cc3)c3ccc4c(c3)C(C)(C)c3ccccc3-4)c1-2. The molecular weight excluding hydrogens is 627 g/mol. The first-order valence-corrected chi connectivity index (χ1v) is 20.0. The molecule has 0 N–H and O–H groups in total.